The minimum absolute atomic E-state index is 0.00887. The molecule has 0 saturated heterocycles. The number of nitrogen functional groups attached to an aromatic ring is 1. The Morgan fingerprint density at radius 2 is 2.12 bits per heavy atom. The van der Waals surface area contributed by atoms with Crippen LogP contribution in [0.3, 0.4) is 0 Å². The van der Waals surface area contributed by atoms with Crippen LogP contribution in [0.25, 0.3) is 0 Å². The largest absolute Gasteiger partial charge is 0.482 e. The third-order valence-corrected chi connectivity index (χ3v) is 1.84. The fourth-order valence-electron chi connectivity index (χ4n) is 1.03. The summed E-state index contributed by atoms with van der Waals surface area (Å²) in [5.74, 6) is -1.33. The first-order valence-electron chi connectivity index (χ1n) is 4.37. The van der Waals surface area contributed by atoms with Gasteiger partial charge in [-0.05, 0) is 12.1 Å². The molecule has 0 saturated carbocycles. The Labute approximate surface area is 91.6 Å². The second kappa shape index (κ2) is 5.01. The third kappa shape index (κ3) is 2.88. The van der Waals surface area contributed by atoms with Crippen molar-refractivity contribution < 1.29 is 24.2 Å². The van der Waals surface area contributed by atoms with E-state index in [1.54, 1.807) is 0 Å². The van der Waals surface area contributed by atoms with Crippen molar-refractivity contribution in [1.29, 1.82) is 0 Å². The molecule has 0 heterocycles. The molecule has 0 aliphatic heterocycles. The van der Waals surface area contributed by atoms with E-state index in [0.29, 0.717) is 5.75 Å². The number of hydrogen-bond acceptors (Lipinski definition) is 5. The number of hydrogen-bond donors (Lipinski definition) is 2. The SMILES string of the molecule is COC(=O)COc1ccc(C(=O)O)c(N)c1. The second-order valence-corrected chi connectivity index (χ2v) is 2.92. The first kappa shape index (κ1) is 11.8. The lowest BCUT2D eigenvalue weighted by atomic mass is 10.2. The van der Waals surface area contributed by atoms with E-state index in [-0.39, 0.29) is 17.9 Å². The van der Waals surface area contributed by atoms with Crippen molar-refractivity contribution in [1.82, 2.24) is 0 Å². The van der Waals surface area contributed by atoms with Crippen LogP contribution in [0.1, 0.15) is 10.4 Å². The van der Waals surface area contributed by atoms with Crippen molar-refractivity contribution in [3.63, 3.8) is 0 Å². The van der Waals surface area contributed by atoms with Gasteiger partial charge in [0.15, 0.2) is 6.61 Å². The lowest BCUT2D eigenvalue weighted by Crippen LogP contribution is -2.13. The summed E-state index contributed by atoms with van der Waals surface area (Å²) in [7, 11) is 1.24. The topological polar surface area (TPSA) is 98.8 Å². The molecule has 0 aliphatic rings. The fourth-order valence-corrected chi connectivity index (χ4v) is 1.03. The first-order chi connectivity index (χ1) is 7.54. The first-order valence-corrected chi connectivity index (χ1v) is 4.37. The van der Waals surface area contributed by atoms with E-state index < -0.39 is 11.9 Å². The average Bonchev–Trinajstić information content (AvgIpc) is 2.25. The maximum atomic E-state index is 10.8. The number of esters is 1. The van der Waals surface area contributed by atoms with Gasteiger partial charge in [0, 0.05) is 11.8 Å². The van der Waals surface area contributed by atoms with Crippen molar-refractivity contribution in [2.45, 2.75) is 0 Å². The van der Waals surface area contributed by atoms with Crippen LogP contribution in [0, 0.1) is 0 Å². The summed E-state index contributed by atoms with van der Waals surface area (Å²) >= 11 is 0. The van der Waals surface area contributed by atoms with Gasteiger partial charge in [0.05, 0.1) is 12.7 Å². The van der Waals surface area contributed by atoms with Crippen LogP contribution in [-0.2, 0) is 9.53 Å². The minimum atomic E-state index is -1.11. The highest BCUT2D eigenvalue weighted by Gasteiger charge is 2.09. The molecule has 0 bridgehead atoms. The number of carbonyl (C=O) groups excluding carboxylic acids is 1. The molecule has 0 amide bonds. The summed E-state index contributed by atoms with van der Waals surface area (Å²) in [5, 5.41) is 8.72. The molecular formula is C10H11NO5. The molecule has 0 aromatic heterocycles. The van der Waals surface area contributed by atoms with Crippen molar-refractivity contribution >= 4 is 17.6 Å². The summed E-state index contributed by atoms with van der Waals surface area (Å²) in [6, 6.07) is 4.07. The van der Waals surface area contributed by atoms with Crippen LogP contribution in [-0.4, -0.2) is 30.8 Å². The Morgan fingerprint density at radius 3 is 2.62 bits per heavy atom. The zero-order valence-electron chi connectivity index (χ0n) is 8.60. The molecule has 3 N–H and O–H groups in total. The molecule has 0 radical (unpaired) electrons. The number of ether oxygens (including phenoxy) is 2. The lowest BCUT2D eigenvalue weighted by molar-refractivity contribution is -0.142. The zero-order valence-corrected chi connectivity index (χ0v) is 8.60. The van der Waals surface area contributed by atoms with Crippen LogP contribution < -0.4 is 10.5 Å². The maximum Gasteiger partial charge on any atom is 0.343 e. The number of anilines is 1. The normalized spacial score (nSPS) is 9.56. The molecule has 6 nitrogen and oxygen atoms in total. The molecule has 0 aliphatic carbocycles. The Balaban J connectivity index is 2.74. The molecule has 0 atom stereocenters. The van der Waals surface area contributed by atoms with Gasteiger partial charge >= 0.3 is 11.9 Å². The predicted molar refractivity (Wildman–Crippen MR) is 55.3 cm³/mol. The number of aromatic carboxylic acids is 1. The van der Waals surface area contributed by atoms with Crippen LogP contribution in [0.15, 0.2) is 18.2 Å². The molecule has 86 valence electrons. The van der Waals surface area contributed by atoms with Gasteiger partial charge in [-0.1, -0.05) is 0 Å². The van der Waals surface area contributed by atoms with E-state index in [2.05, 4.69) is 4.74 Å². The number of nitrogens with two attached hydrogens (primary N) is 1. The van der Waals surface area contributed by atoms with Crippen LogP contribution in [0.5, 0.6) is 5.75 Å². The van der Waals surface area contributed by atoms with Crippen molar-refractivity contribution in [3.05, 3.63) is 23.8 Å². The third-order valence-electron chi connectivity index (χ3n) is 1.84. The molecule has 0 spiro atoms. The standard InChI is InChI=1S/C10H11NO5/c1-15-9(12)5-16-6-2-3-7(10(13)14)8(11)4-6/h2-4H,5,11H2,1H3,(H,13,14). The monoisotopic (exact) mass is 225 g/mol. The van der Waals surface area contributed by atoms with Crippen molar-refractivity contribution in [2.75, 3.05) is 19.5 Å². The van der Waals surface area contributed by atoms with Crippen LogP contribution in [0.2, 0.25) is 0 Å². The number of carboxylic acids is 1. The van der Waals surface area contributed by atoms with E-state index in [4.69, 9.17) is 15.6 Å². The smallest absolute Gasteiger partial charge is 0.343 e. The van der Waals surface area contributed by atoms with Gasteiger partial charge in [-0.25, -0.2) is 9.59 Å². The van der Waals surface area contributed by atoms with Gasteiger partial charge in [-0.15, -0.1) is 0 Å². The maximum absolute atomic E-state index is 10.8. The molecule has 16 heavy (non-hydrogen) atoms. The number of benzene rings is 1. The van der Waals surface area contributed by atoms with Crippen LogP contribution >= 0.6 is 0 Å². The lowest BCUT2D eigenvalue weighted by Gasteiger charge is -2.06. The molecule has 0 fully saturated rings. The van der Waals surface area contributed by atoms with Gasteiger partial charge in [0.25, 0.3) is 0 Å². The Kier molecular flexibility index (Phi) is 3.71. The van der Waals surface area contributed by atoms with Gasteiger partial charge in [0.1, 0.15) is 5.75 Å². The fraction of sp³-hybridized carbons (Fsp3) is 0.200. The molecular weight excluding hydrogens is 214 g/mol. The minimum Gasteiger partial charge on any atom is -0.482 e. The second-order valence-electron chi connectivity index (χ2n) is 2.92. The van der Waals surface area contributed by atoms with E-state index in [1.165, 1.54) is 25.3 Å². The summed E-state index contributed by atoms with van der Waals surface area (Å²) in [4.78, 5) is 21.4. The average molecular weight is 225 g/mol. The van der Waals surface area contributed by atoms with Crippen molar-refractivity contribution in [2.24, 2.45) is 0 Å². The Hall–Kier alpha value is -2.24. The number of rotatable bonds is 4. The number of carboxylic acid groups (broad SMARTS) is 1. The number of carbonyl (C=O) groups is 2. The van der Waals surface area contributed by atoms with E-state index in [1.807, 2.05) is 0 Å². The summed E-state index contributed by atoms with van der Waals surface area (Å²) < 4.78 is 9.40. The molecule has 0 unspecified atom stereocenters. The summed E-state index contributed by atoms with van der Waals surface area (Å²) in [5.41, 5.74) is 5.55. The Bertz CT molecular complexity index is 416. The summed E-state index contributed by atoms with van der Waals surface area (Å²) in [6.07, 6.45) is 0. The highest BCUT2D eigenvalue weighted by atomic mass is 16.6. The number of methoxy groups -OCH3 is 1. The molecule has 1 rings (SSSR count). The van der Waals surface area contributed by atoms with Gasteiger partial charge in [-0.3, -0.25) is 0 Å². The van der Waals surface area contributed by atoms with E-state index in [9.17, 15) is 9.59 Å². The Morgan fingerprint density at radius 1 is 1.44 bits per heavy atom. The van der Waals surface area contributed by atoms with Gasteiger partial charge in [-0.2, -0.15) is 0 Å². The summed E-state index contributed by atoms with van der Waals surface area (Å²) in [6.45, 7) is -0.248. The quantitative estimate of drug-likeness (QED) is 0.572. The molecule has 1 aromatic rings. The van der Waals surface area contributed by atoms with Gasteiger partial charge in [0.2, 0.25) is 0 Å². The zero-order chi connectivity index (χ0) is 12.1. The highest BCUT2D eigenvalue weighted by Crippen LogP contribution is 2.19. The molecule has 6 heteroatoms. The van der Waals surface area contributed by atoms with Gasteiger partial charge < -0.3 is 20.3 Å². The predicted octanol–water partition coefficient (Wildman–Crippen LogP) is 0.519. The highest BCUT2D eigenvalue weighted by molar-refractivity contribution is 5.93. The van der Waals surface area contributed by atoms with Crippen molar-refractivity contribution in [3.8, 4) is 5.75 Å². The van der Waals surface area contributed by atoms with E-state index >= 15 is 0 Å². The van der Waals surface area contributed by atoms with Crippen LogP contribution in [0.4, 0.5) is 5.69 Å². The van der Waals surface area contributed by atoms with E-state index in [0.717, 1.165) is 0 Å². The molecule has 1 aromatic carbocycles.